The Morgan fingerprint density at radius 1 is 1.35 bits per heavy atom. The number of allylic oxidation sites excluding steroid dienone is 5. The van der Waals surface area contributed by atoms with Crippen molar-refractivity contribution in [1.82, 2.24) is 0 Å². The summed E-state index contributed by atoms with van der Waals surface area (Å²) < 4.78 is 0. The number of aliphatic carboxylic acids is 1. The first-order valence-electron chi connectivity index (χ1n) is 7.77. The zero-order valence-electron chi connectivity index (χ0n) is 12.4. The number of carbonyl (C=O) groups is 1. The fourth-order valence-corrected chi connectivity index (χ4v) is 4.29. The lowest BCUT2D eigenvalue weighted by Crippen LogP contribution is -2.48. The highest BCUT2D eigenvalue weighted by Gasteiger charge is 2.50. The fourth-order valence-electron chi connectivity index (χ4n) is 4.29. The van der Waals surface area contributed by atoms with Crippen molar-refractivity contribution in [2.24, 2.45) is 29.1 Å². The van der Waals surface area contributed by atoms with Gasteiger partial charge in [0.05, 0.1) is 5.92 Å². The van der Waals surface area contributed by atoms with Crippen LogP contribution in [0.15, 0.2) is 36.0 Å². The molecule has 108 valence electrons. The van der Waals surface area contributed by atoms with Gasteiger partial charge in [-0.2, -0.15) is 0 Å². The van der Waals surface area contributed by atoms with Crippen LogP contribution in [0.5, 0.6) is 0 Å². The van der Waals surface area contributed by atoms with Gasteiger partial charge >= 0.3 is 5.97 Å². The van der Waals surface area contributed by atoms with Gasteiger partial charge in [0.25, 0.3) is 0 Å². The molecule has 2 bridgehead atoms. The van der Waals surface area contributed by atoms with E-state index < -0.39 is 5.97 Å². The molecule has 20 heavy (non-hydrogen) atoms. The molecule has 0 aromatic rings. The largest absolute Gasteiger partial charge is 0.481 e. The van der Waals surface area contributed by atoms with Crippen LogP contribution in [0.1, 0.15) is 39.5 Å². The van der Waals surface area contributed by atoms with Crippen molar-refractivity contribution in [3.63, 3.8) is 0 Å². The quantitative estimate of drug-likeness (QED) is 0.779. The number of carboxylic acid groups (broad SMARTS) is 1. The Labute approximate surface area is 121 Å². The highest BCUT2D eigenvalue weighted by molar-refractivity contribution is 5.73. The zero-order chi connectivity index (χ0) is 14.3. The lowest BCUT2D eigenvalue weighted by atomic mass is 9.48. The second-order valence-electron chi connectivity index (χ2n) is 7.16. The van der Waals surface area contributed by atoms with Crippen molar-refractivity contribution in [1.29, 1.82) is 0 Å². The minimum absolute atomic E-state index is 0.152. The number of hydrogen-bond donors (Lipinski definition) is 1. The highest BCUT2D eigenvalue weighted by atomic mass is 16.4. The summed E-state index contributed by atoms with van der Waals surface area (Å²) in [7, 11) is 0. The maximum Gasteiger partial charge on any atom is 0.310 e. The van der Waals surface area contributed by atoms with Crippen molar-refractivity contribution >= 4 is 5.97 Å². The summed E-state index contributed by atoms with van der Waals surface area (Å²) in [6.45, 7) is 4.78. The van der Waals surface area contributed by atoms with Crippen LogP contribution in [0.4, 0.5) is 0 Å². The van der Waals surface area contributed by atoms with Gasteiger partial charge in [0.15, 0.2) is 0 Å². The zero-order valence-corrected chi connectivity index (χ0v) is 12.4. The summed E-state index contributed by atoms with van der Waals surface area (Å²) >= 11 is 0. The molecule has 0 aliphatic heterocycles. The first-order valence-corrected chi connectivity index (χ1v) is 7.77. The van der Waals surface area contributed by atoms with Gasteiger partial charge in [0.2, 0.25) is 0 Å². The molecule has 1 fully saturated rings. The molecule has 0 spiro atoms. The van der Waals surface area contributed by atoms with Gasteiger partial charge in [-0.25, -0.2) is 0 Å². The van der Waals surface area contributed by atoms with E-state index in [9.17, 15) is 9.90 Å². The maximum atomic E-state index is 11.3. The van der Waals surface area contributed by atoms with Gasteiger partial charge < -0.3 is 5.11 Å². The van der Waals surface area contributed by atoms with Gasteiger partial charge in [-0.05, 0) is 48.9 Å². The number of rotatable bonds is 4. The molecule has 1 saturated carbocycles. The van der Waals surface area contributed by atoms with E-state index in [-0.39, 0.29) is 11.8 Å². The maximum absolute atomic E-state index is 11.3. The third-order valence-corrected chi connectivity index (χ3v) is 5.88. The normalized spacial score (nSPS) is 37.2. The Morgan fingerprint density at radius 3 is 2.75 bits per heavy atom. The Hall–Kier alpha value is -1.31. The van der Waals surface area contributed by atoms with E-state index in [1.807, 2.05) is 18.2 Å². The summed E-state index contributed by atoms with van der Waals surface area (Å²) in [5, 5.41) is 9.29. The van der Waals surface area contributed by atoms with Crippen LogP contribution in [-0.4, -0.2) is 11.1 Å². The monoisotopic (exact) mass is 272 g/mol. The second kappa shape index (κ2) is 4.91. The van der Waals surface area contributed by atoms with Crippen LogP contribution >= 0.6 is 0 Å². The highest BCUT2D eigenvalue weighted by Crippen LogP contribution is 2.60. The first-order chi connectivity index (χ1) is 9.50. The summed E-state index contributed by atoms with van der Waals surface area (Å²) in [6, 6.07) is 0. The van der Waals surface area contributed by atoms with Gasteiger partial charge in [-0.3, -0.25) is 4.79 Å². The molecule has 4 atom stereocenters. The number of carboxylic acids is 1. The van der Waals surface area contributed by atoms with Gasteiger partial charge in [0.1, 0.15) is 0 Å². The van der Waals surface area contributed by atoms with Crippen molar-refractivity contribution in [2.45, 2.75) is 39.5 Å². The number of fused-ring (bicyclic) bond motifs is 1. The SMILES string of the molecule is CC1(C)C2CC=C(CCC3C=CC=CC3C(=O)O)C1C2. The van der Waals surface area contributed by atoms with Crippen LogP contribution in [0, 0.1) is 29.1 Å². The van der Waals surface area contributed by atoms with E-state index >= 15 is 0 Å². The minimum Gasteiger partial charge on any atom is -0.481 e. The van der Waals surface area contributed by atoms with E-state index in [4.69, 9.17) is 0 Å². The standard InChI is InChI=1S/C18H24O2/c1-18(2)14-10-9-13(16(18)11-14)8-7-12-5-3-4-6-15(12)17(19)20/h3-6,9,12,14-16H,7-8,10-11H2,1-2H3,(H,19,20). The molecule has 2 heteroatoms. The van der Waals surface area contributed by atoms with E-state index in [2.05, 4.69) is 26.0 Å². The molecule has 0 saturated heterocycles. The first kappa shape index (κ1) is 13.7. The molecule has 2 nitrogen and oxygen atoms in total. The van der Waals surface area contributed by atoms with Crippen LogP contribution in [-0.2, 0) is 4.79 Å². The van der Waals surface area contributed by atoms with E-state index in [1.54, 1.807) is 5.57 Å². The van der Waals surface area contributed by atoms with Crippen LogP contribution in [0.25, 0.3) is 0 Å². The molecular formula is C18H24O2. The van der Waals surface area contributed by atoms with Gasteiger partial charge in [-0.15, -0.1) is 0 Å². The Morgan fingerprint density at radius 2 is 2.10 bits per heavy atom. The van der Waals surface area contributed by atoms with Crippen molar-refractivity contribution < 1.29 is 9.90 Å². The molecule has 0 aromatic carbocycles. The predicted octanol–water partition coefficient (Wildman–Crippen LogP) is 4.20. The van der Waals surface area contributed by atoms with Gasteiger partial charge in [0, 0.05) is 0 Å². The van der Waals surface area contributed by atoms with Crippen molar-refractivity contribution in [3.05, 3.63) is 36.0 Å². The summed E-state index contributed by atoms with van der Waals surface area (Å²) in [4.78, 5) is 11.3. The molecule has 4 aliphatic rings. The lowest BCUT2D eigenvalue weighted by molar-refractivity contribution is -0.141. The molecule has 4 unspecified atom stereocenters. The molecule has 0 radical (unpaired) electrons. The Bertz CT molecular complexity index is 496. The average Bonchev–Trinajstić information content (AvgIpc) is 2.45. The second-order valence-corrected chi connectivity index (χ2v) is 7.16. The molecule has 4 aliphatic carbocycles. The third-order valence-electron chi connectivity index (χ3n) is 5.88. The lowest BCUT2D eigenvalue weighted by Gasteiger charge is -2.56. The number of hydrogen-bond acceptors (Lipinski definition) is 1. The summed E-state index contributed by atoms with van der Waals surface area (Å²) in [6.07, 6.45) is 14.8. The van der Waals surface area contributed by atoms with E-state index in [0.717, 1.165) is 24.7 Å². The third kappa shape index (κ3) is 2.15. The molecule has 0 aromatic heterocycles. The molecule has 0 amide bonds. The minimum atomic E-state index is -0.697. The fraction of sp³-hybridized carbons (Fsp3) is 0.611. The van der Waals surface area contributed by atoms with Crippen LogP contribution < -0.4 is 0 Å². The van der Waals surface area contributed by atoms with Crippen LogP contribution in [0.3, 0.4) is 0 Å². The van der Waals surface area contributed by atoms with E-state index in [1.165, 1.54) is 12.8 Å². The van der Waals surface area contributed by atoms with Crippen molar-refractivity contribution in [2.75, 3.05) is 0 Å². The van der Waals surface area contributed by atoms with Crippen molar-refractivity contribution in [3.8, 4) is 0 Å². The molecular weight excluding hydrogens is 248 g/mol. The smallest absolute Gasteiger partial charge is 0.310 e. The molecule has 0 heterocycles. The average molecular weight is 272 g/mol. The predicted molar refractivity (Wildman–Crippen MR) is 80.2 cm³/mol. The molecule has 1 N–H and O–H groups in total. The van der Waals surface area contributed by atoms with E-state index in [0.29, 0.717) is 5.41 Å². The summed E-state index contributed by atoms with van der Waals surface area (Å²) in [5.74, 6) is 0.732. The Kier molecular flexibility index (Phi) is 3.35. The van der Waals surface area contributed by atoms with Gasteiger partial charge in [-0.1, -0.05) is 49.8 Å². The summed E-state index contributed by atoms with van der Waals surface area (Å²) in [5.41, 5.74) is 2.06. The topological polar surface area (TPSA) is 37.3 Å². The molecule has 4 rings (SSSR count). The van der Waals surface area contributed by atoms with Crippen LogP contribution in [0.2, 0.25) is 0 Å². The Balaban J connectivity index is 1.63.